The zero-order valence-electron chi connectivity index (χ0n) is 10.4. The third-order valence-corrected chi connectivity index (χ3v) is 4.52. The maximum Gasteiger partial charge on any atom is 0.0107 e. The Labute approximate surface area is 94.4 Å². The lowest BCUT2D eigenvalue weighted by molar-refractivity contribution is 0.0650. The largest absolute Gasteiger partial charge is 0.313 e. The molecule has 0 amide bonds. The Morgan fingerprint density at radius 2 is 2.13 bits per heavy atom. The van der Waals surface area contributed by atoms with E-state index in [1.54, 1.807) is 0 Å². The van der Waals surface area contributed by atoms with Crippen LogP contribution < -0.4 is 5.32 Å². The highest BCUT2D eigenvalue weighted by Gasteiger charge is 2.36. The van der Waals surface area contributed by atoms with Gasteiger partial charge in [-0.25, -0.2) is 0 Å². The van der Waals surface area contributed by atoms with Crippen LogP contribution >= 0.6 is 0 Å². The van der Waals surface area contributed by atoms with Crippen molar-refractivity contribution in [2.24, 2.45) is 5.41 Å². The summed E-state index contributed by atoms with van der Waals surface area (Å²) >= 11 is 0. The molecule has 1 unspecified atom stereocenters. The van der Waals surface area contributed by atoms with Gasteiger partial charge in [-0.3, -0.25) is 0 Å². The molecule has 0 aromatic carbocycles. The van der Waals surface area contributed by atoms with Crippen molar-refractivity contribution in [3.05, 3.63) is 0 Å². The topological polar surface area (TPSA) is 15.3 Å². The van der Waals surface area contributed by atoms with Crippen LogP contribution in [0.3, 0.4) is 0 Å². The lowest BCUT2D eigenvalue weighted by Crippen LogP contribution is -2.43. The van der Waals surface area contributed by atoms with Crippen LogP contribution in [0.5, 0.6) is 0 Å². The van der Waals surface area contributed by atoms with Gasteiger partial charge in [0.2, 0.25) is 0 Å². The summed E-state index contributed by atoms with van der Waals surface area (Å²) in [5, 5.41) is 3.57. The second-order valence-electron chi connectivity index (χ2n) is 5.63. The van der Waals surface area contributed by atoms with Crippen LogP contribution in [0.2, 0.25) is 0 Å². The van der Waals surface area contributed by atoms with Gasteiger partial charge in [0.25, 0.3) is 0 Å². The maximum absolute atomic E-state index is 3.57. The second kappa shape index (κ2) is 4.84. The number of nitrogens with one attached hydrogen (secondary N) is 1. The summed E-state index contributed by atoms with van der Waals surface area (Å²) in [4.78, 5) is 2.69. The van der Waals surface area contributed by atoms with Gasteiger partial charge in [-0.15, -0.1) is 0 Å². The Morgan fingerprint density at radius 1 is 1.33 bits per heavy atom. The lowest BCUT2D eigenvalue weighted by Gasteiger charge is -2.44. The van der Waals surface area contributed by atoms with Gasteiger partial charge in [0.05, 0.1) is 0 Å². The molecule has 1 saturated carbocycles. The fourth-order valence-corrected chi connectivity index (χ4v) is 2.99. The van der Waals surface area contributed by atoms with Crippen LogP contribution in [0.1, 0.15) is 46.0 Å². The molecule has 2 nitrogen and oxygen atoms in total. The molecule has 0 radical (unpaired) electrons. The van der Waals surface area contributed by atoms with Gasteiger partial charge in [0.1, 0.15) is 0 Å². The molecule has 1 aliphatic heterocycles. The molecule has 1 saturated heterocycles. The van der Waals surface area contributed by atoms with Crippen LogP contribution in [0.25, 0.3) is 0 Å². The SMILES string of the molecule is CCC1(CN2CCNC(C)CC2)CCC1. The molecule has 2 rings (SSSR count). The molecule has 88 valence electrons. The van der Waals surface area contributed by atoms with Crippen molar-refractivity contribution in [1.29, 1.82) is 0 Å². The van der Waals surface area contributed by atoms with Crippen molar-refractivity contribution in [3.8, 4) is 0 Å². The zero-order valence-corrected chi connectivity index (χ0v) is 10.4. The first-order valence-corrected chi connectivity index (χ1v) is 6.70. The summed E-state index contributed by atoms with van der Waals surface area (Å²) < 4.78 is 0. The van der Waals surface area contributed by atoms with E-state index in [0.29, 0.717) is 11.5 Å². The van der Waals surface area contributed by atoms with Crippen molar-refractivity contribution in [2.45, 2.75) is 52.0 Å². The summed E-state index contributed by atoms with van der Waals surface area (Å²) in [6.45, 7) is 9.78. The van der Waals surface area contributed by atoms with Gasteiger partial charge >= 0.3 is 0 Å². The van der Waals surface area contributed by atoms with Crippen molar-refractivity contribution < 1.29 is 0 Å². The normalized spacial score (nSPS) is 32.0. The smallest absolute Gasteiger partial charge is 0.0107 e. The minimum absolute atomic E-state index is 0.702. The molecule has 0 aromatic heterocycles. The zero-order chi connectivity index (χ0) is 10.7. The molecular weight excluding hydrogens is 184 g/mol. The Hall–Kier alpha value is -0.0800. The van der Waals surface area contributed by atoms with Crippen LogP contribution in [0, 0.1) is 5.41 Å². The van der Waals surface area contributed by atoms with Crippen molar-refractivity contribution >= 4 is 0 Å². The first-order chi connectivity index (χ1) is 7.24. The van der Waals surface area contributed by atoms with E-state index >= 15 is 0 Å². The van der Waals surface area contributed by atoms with Gasteiger partial charge in [0, 0.05) is 25.7 Å². The third-order valence-electron chi connectivity index (χ3n) is 4.52. The maximum atomic E-state index is 3.57. The van der Waals surface area contributed by atoms with Gasteiger partial charge in [-0.2, -0.15) is 0 Å². The molecule has 1 N–H and O–H groups in total. The first kappa shape index (κ1) is 11.4. The standard InChI is InChI=1S/C13H26N2/c1-3-13(6-4-7-13)11-15-9-5-12(2)14-8-10-15/h12,14H,3-11H2,1-2H3. The summed E-state index contributed by atoms with van der Waals surface area (Å²) in [5.74, 6) is 0. The van der Waals surface area contributed by atoms with Crippen molar-refractivity contribution in [2.75, 3.05) is 26.2 Å². The van der Waals surface area contributed by atoms with Crippen LogP contribution in [-0.2, 0) is 0 Å². The fourth-order valence-electron chi connectivity index (χ4n) is 2.99. The molecule has 1 aliphatic carbocycles. The molecular formula is C13H26N2. The highest BCUT2D eigenvalue weighted by atomic mass is 15.2. The molecule has 0 bridgehead atoms. The molecule has 1 heterocycles. The predicted molar refractivity (Wildman–Crippen MR) is 65.1 cm³/mol. The van der Waals surface area contributed by atoms with E-state index in [1.165, 1.54) is 58.3 Å². The summed E-state index contributed by atoms with van der Waals surface area (Å²) in [6.07, 6.45) is 7.12. The van der Waals surface area contributed by atoms with E-state index in [0.717, 1.165) is 0 Å². The van der Waals surface area contributed by atoms with E-state index in [9.17, 15) is 0 Å². The Bertz CT molecular complexity index is 193. The van der Waals surface area contributed by atoms with Gasteiger partial charge in [-0.05, 0) is 44.6 Å². The van der Waals surface area contributed by atoms with Gasteiger partial charge in [0.15, 0.2) is 0 Å². The van der Waals surface area contributed by atoms with Crippen molar-refractivity contribution in [1.82, 2.24) is 10.2 Å². The molecule has 2 fully saturated rings. The minimum atomic E-state index is 0.702. The van der Waals surface area contributed by atoms with Gasteiger partial charge in [-0.1, -0.05) is 13.3 Å². The van der Waals surface area contributed by atoms with Crippen molar-refractivity contribution in [3.63, 3.8) is 0 Å². The second-order valence-corrected chi connectivity index (χ2v) is 5.63. The lowest BCUT2D eigenvalue weighted by atomic mass is 9.66. The Balaban J connectivity index is 1.82. The molecule has 2 heteroatoms. The number of hydrogen-bond donors (Lipinski definition) is 1. The first-order valence-electron chi connectivity index (χ1n) is 6.70. The van der Waals surface area contributed by atoms with E-state index < -0.39 is 0 Å². The number of hydrogen-bond acceptors (Lipinski definition) is 2. The monoisotopic (exact) mass is 210 g/mol. The predicted octanol–water partition coefficient (Wildman–Crippen LogP) is 2.25. The Kier molecular flexibility index (Phi) is 3.68. The molecule has 2 aliphatic rings. The highest BCUT2D eigenvalue weighted by Crippen LogP contribution is 2.44. The molecule has 0 spiro atoms. The summed E-state index contributed by atoms with van der Waals surface area (Å²) in [7, 11) is 0. The molecule has 0 aromatic rings. The number of nitrogens with zero attached hydrogens (tertiary/aromatic N) is 1. The van der Waals surface area contributed by atoms with E-state index in [-0.39, 0.29) is 0 Å². The average molecular weight is 210 g/mol. The Morgan fingerprint density at radius 3 is 2.73 bits per heavy atom. The highest BCUT2D eigenvalue weighted by molar-refractivity contribution is 4.90. The van der Waals surface area contributed by atoms with E-state index in [1.807, 2.05) is 0 Å². The fraction of sp³-hybridized carbons (Fsp3) is 1.00. The quantitative estimate of drug-likeness (QED) is 0.768. The summed E-state index contributed by atoms with van der Waals surface area (Å²) in [6, 6.07) is 0.717. The van der Waals surface area contributed by atoms with Crippen LogP contribution in [0.15, 0.2) is 0 Å². The summed E-state index contributed by atoms with van der Waals surface area (Å²) in [5.41, 5.74) is 0.702. The number of rotatable bonds is 3. The average Bonchev–Trinajstić information content (AvgIpc) is 2.37. The van der Waals surface area contributed by atoms with E-state index in [2.05, 4.69) is 24.1 Å². The van der Waals surface area contributed by atoms with Crippen LogP contribution in [-0.4, -0.2) is 37.1 Å². The third kappa shape index (κ3) is 2.73. The minimum Gasteiger partial charge on any atom is -0.313 e. The molecule has 1 atom stereocenters. The van der Waals surface area contributed by atoms with E-state index in [4.69, 9.17) is 0 Å². The van der Waals surface area contributed by atoms with Gasteiger partial charge < -0.3 is 10.2 Å². The molecule has 15 heavy (non-hydrogen) atoms. The van der Waals surface area contributed by atoms with Crippen LogP contribution in [0.4, 0.5) is 0 Å².